The summed E-state index contributed by atoms with van der Waals surface area (Å²) in [6.45, 7) is 3.12. The molecule has 0 atom stereocenters. The molecule has 0 amide bonds. The van der Waals surface area contributed by atoms with Gasteiger partial charge in [0.25, 0.3) is 0 Å². The fraction of sp³-hybridized carbons (Fsp3) is 0.500. The summed E-state index contributed by atoms with van der Waals surface area (Å²) in [6, 6.07) is 6.68. The van der Waals surface area contributed by atoms with E-state index in [2.05, 4.69) is 27.4 Å². The first kappa shape index (κ1) is 15.1. The van der Waals surface area contributed by atoms with Crippen molar-refractivity contribution in [2.75, 3.05) is 26.7 Å². The van der Waals surface area contributed by atoms with E-state index in [1.807, 2.05) is 0 Å². The van der Waals surface area contributed by atoms with Crippen LogP contribution in [0.1, 0.15) is 18.7 Å². The molecule has 1 aliphatic rings. The summed E-state index contributed by atoms with van der Waals surface area (Å²) < 4.78 is 18.2. The fourth-order valence-corrected chi connectivity index (χ4v) is 2.67. The standard InChI is InChI=1S/C16H21FN4O/c1-21-10-7-14(8-11-21)18-9-6-15-19-16(20-22-15)12-2-4-13(17)5-3-12/h2-5,14,18H,6-11H2,1H3. The summed E-state index contributed by atoms with van der Waals surface area (Å²) in [6.07, 6.45) is 3.07. The van der Waals surface area contributed by atoms with Crippen molar-refractivity contribution < 1.29 is 8.91 Å². The van der Waals surface area contributed by atoms with Gasteiger partial charge in [-0.05, 0) is 57.2 Å². The monoisotopic (exact) mass is 304 g/mol. The zero-order chi connectivity index (χ0) is 15.4. The number of piperidine rings is 1. The topological polar surface area (TPSA) is 54.2 Å². The number of aromatic nitrogens is 2. The van der Waals surface area contributed by atoms with Gasteiger partial charge < -0.3 is 14.7 Å². The maximum atomic E-state index is 12.9. The van der Waals surface area contributed by atoms with Crippen molar-refractivity contribution in [2.24, 2.45) is 0 Å². The summed E-state index contributed by atoms with van der Waals surface area (Å²) >= 11 is 0. The lowest BCUT2D eigenvalue weighted by molar-refractivity contribution is 0.234. The number of likely N-dealkylation sites (tertiary alicyclic amines) is 1. The highest BCUT2D eigenvalue weighted by atomic mass is 19.1. The second kappa shape index (κ2) is 6.98. The van der Waals surface area contributed by atoms with Gasteiger partial charge >= 0.3 is 0 Å². The van der Waals surface area contributed by atoms with Crippen molar-refractivity contribution in [3.8, 4) is 11.4 Å². The molecule has 0 radical (unpaired) electrons. The first-order chi connectivity index (χ1) is 10.7. The molecule has 1 saturated heterocycles. The molecule has 6 heteroatoms. The van der Waals surface area contributed by atoms with Crippen LogP contribution in [0.3, 0.4) is 0 Å². The van der Waals surface area contributed by atoms with E-state index in [1.54, 1.807) is 12.1 Å². The maximum absolute atomic E-state index is 12.9. The summed E-state index contributed by atoms with van der Waals surface area (Å²) in [7, 11) is 2.16. The molecule has 0 unspecified atom stereocenters. The molecule has 1 aliphatic heterocycles. The molecule has 1 fully saturated rings. The molecule has 0 spiro atoms. The van der Waals surface area contributed by atoms with Crippen molar-refractivity contribution in [1.82, 2.24) is 20.4 Å². The van der Waals surface area contributed by atoms with Crippen molar-refractivity contribution in [3.63, 3.8) is 0 Å². The van der Waals surface area contributed by atoms with E-state index in [0.29, 0.717) is 24.2 Å². The predicted molar refractivity (Wildman–Crippen MR) is 81.9 cm³/mol. The van der Waals surface area contributed by atoms with Crippen molar-refractivity contribution in [1.29, 1.82) is 0 Å². The van der Waals surface area contributed by atoms with Gasteiger partial charge in [-0.15, -0.1) is 0 Å². The highest BCUT2D eigenvalue weighted by Crippen LogP contribution is 2.16. The van der Waals surface area contributed by atoms with E-state index < -0.39 is 0 Å². The average molecular weight is 304 g/mol. The summed E-state index contributed by atoms with van der Waals surface area (Å²) in [5.41, 5.74) is 0.764. The van der Waals surface area contributed by atoms with Gasteiger partial charge in [0.2, 0.25) is 11.7 Å². The zero-order valence-electron chi connectivity index (χ0n) is 12.8. The SMILES string of the molecule is CN1CCC(NCCc2nc(-c3ccc(F)cc3)no2)CC1. The van der Waals surface area contributed by atoms with Gasteiger partial charge in [-0.1, -0.05) is 5.16 Å². The van der Waals surface area contributed by atoms with E-state index in [-0.39, 0.29) is 5.82 Å². The number of benzene rings is 1. The number of halogens is 1. The molecule has 1 aromatic carbocycles. The van der Waals surface area contributed by atoms with Crippen molar-refractivity contribution >= 4 is 0 Å². The molecular weight excluding hydrogens is 283 g/mol. The Hall–Kier alpha value is -1.79. The molecular formula is C16H21FN4O. The number of nitrogens with zero attached hydrogens (tertiary/aromatic N) is 3. The van der Waals surface area contributed by atoms with Gasteiger partial charge in [0, 0.05) is 24.6 Å². The van der Waals surface area contributed by atoms with E-state index in [4.69, 9.17) is 4.52 Å². The van der Waals surface area contributed by atoms with Crippen LogP contribution in [0.15, 0.2) is 28.8 Å². The zero-order valence-corrected chi connectivity index (χ0v) is 12.8. The molecule has 22 heavy (non-hydrogen) atoms. The summed E-state index contributed by atoms with van der Waals surface area (Å²) in [5, 5.41) is 7.49. The normalized spacial score (nSPS) is 17.0. The van der Waals surface area contributed by atoms with Crippen LogP contribution in [0.25, 0.3) is 11.4 Å². The van der Waals surface area contributed by atoms with E-state index >= 15 is 0 Å². The van der Waals surface area contributed by atoms with Crippen LogP contribution < -0.4 is 5.32 Å². The van der Waals surface area contributed by atoms with Gasteiger partial charge in [0.1, 0.15) is 5.82 Å². The predicted octanol–water partition coefficient (Wildman–Crippen LogP) is 2.10. The molecule has 0 saturated carbocycles. The van der Waals surface area contributed by atoms with Crippen molar-refractivity contribution in [2.45, 2.75) is 25.3 Å². The molecule has 2 heterocycles. The minimum atomic E-state index is -0.269. The second-order valence-corrected chi connectivity index (χ2v) is 5.80. The van der Waals surface area contributed by atoms with Gasteiger partial charge in [-0.3, -0.25) is 0 Å². The lowest BCUT2D eigenvalue weighted by Crippen LogP contribution is -2.41. The van der Waals surface area contributed by atoms with Crippen LogP contribution in [0.5, 0.6) is 0 Å². The number of nitrogens with one attached hydrogen (secondary N) is 1. The van der Waals surface area contributed by atoms with Crippen LogP contribution in [0.2, 0.25) is 0 Å². The Bertz CT molecular complexity index is 590. The Morgan fingerprint density at radius 3 is 2.73 bits per heavy atom. The molecule has 3 rings (SSSR count). The number of hydrogen-bond acceptors (Lipinski definition) is 5. The lowest BCUT2D eigenvalue weighted by Gasteiger charge is -2.29. The molecule has 0 aliphatic carbocycles. The summed E-state index contributed by atoms with van der Waals surface area (Å²) in [5.74, 6) is 0.851. The quantitative estimate of drug-likeness (QED) is 0.917. The number of hydrogen-bond donors (Lipinski definition) is 1. The first-order valence-corrected chi connectivity index (χ1v) is 7.71. The average Bonchev–Trinajstić information content (AvgIpc) is 2.99. The third-order valence-corrected chi connectivity index (χ3v) is 4.06. The molecule has 5 nitrogen and oxygen atoms in total. The lowest BCUT2D eigenvalue weighted by atomic mass is 10.1. The molecule has 1 aromatic heterocycles. The van der Waals surface area contributed by atoms with Gasteiger partial charge in [0.15, 0.2) is 0 Å². The minimum Gasteiger partial charge on any atom is -0.339 e. The van der Waals surface area contributed by atoms with Crippen LogP contribution in [-0.2, 0) is 6.42 Å². The van der Waals surface area contributed by atoms with Crippen LogP contribution in [0, 0.1) is 5.82 Å². The third-order valence-electron chi connectivity index (χ3n) is 4.06. The van der Waals surface area contributed by atoms with E-state index in [1.165, 1.54) is 25.0 Å². The third kappa shape index (κ3) is 3.90. The molecule has 118 valence electrons. The Balaban J connectivity index is 1.48. The number of rotatable bonds is 5. The Morgan fingerprint density at radius 1 is 1.27 bits per heavy atom. The molecule has 0 bridgehead atoms. The smallest absolute Gasteiger partial charge is 0.228 e. The van der Waals surface area contributed by atoms with Gasteiger partial charge in [-0.25, -0.2) is 4.39 Å². The maximum Gasteiger partial charge on any atom is 0.228 e. The van der Waals surface area contributed by atoms with E-state index in [9.17, 15) is 4.39 Å². The first-order valence-electron chi connectivity index (χ1n) is 7.71. The van der Waals surface area contributed by atoms with Crippen LogP contribution in [-0.4, -0.2) is 47.8 Å². The Labute approximate surface area is 129 Å². The summed E-state index contributed by atoms with van der Waals surface area (Å²) in [4.78, 5) is 6.71. The highest BCUT2D eigenvalue weighted by molar-refractivity contribution is 5.53. The minimum absolute atomic E-state index is 0.269. The van der Waals surface area contributed by atoms with Crippen molar-refractivity contribution in [3.05, 3.63) is 36.0 Å². The molecule has 1 N–H and O–H groups in total. The van der Waals surface area contributed by atoms with Gasteiger partial charge in [0.05, 0.1) is 0 Å². The largest absolute Gasteiger partial charge is 0.339 e. The highest BCUT2D eigenvalue weighted by Gasteiger charge is 2.16. The molecule has 2 aromatic rings. The van der Waals surface area contributed by atoms with Crippen LogP contribution >= 0.6 is 0 Å². The van der Waals surface area contributed by atoms with Crippen LogP contribution in [0.4, 0.5) is 4.39 Å². The fourth-order valence-electron chi connectivity index (χ4n) is 2.67. The van der Waals surface area contributed by atoms with Gasteiger partial charge in [-0.2, -0.15) is 4.98 Å². The Kier molecular flexibility index (Phi) is 4.80. The second-order valence-electron chi connectivity index (χ2n) is 5.80. The Morgan fingerprint density at radius 2 is 2.00 bits per heavy atom. The van der Waals surface area contributed by atoms with E-state index in [0.717, 1.165) is 25.2 Å².